The fourth-order valence-corrected chi connectivity index (χ4v) is 2.58. The van der Waals surface area contributed by atoms with E-state index in [1.54, 1.807) is 17.8 Å². The van der Waals surface area contributed by atoms with Crippen molar-refractivity contribution in [1.29, 1.82) is 0 Å². The van der Waals surface area contributed by atoms with Gasteiger partial charge in [0.1, 0.15) is 5.82 Å². The smallest absolute Gasteiger partial charge is 0.130 e. The van der Waals surface area contributed by atoms with Crippen molar-refractivity contribution in [3.05, 3.63) is 29.6 Å². The van der Waals surface area contributed by atoms with Crippen LogP contribution < -0.4 is 10.6 Å². The Balaban J connectivity index is 3.08. The summed E-state index contributed by atoms with van der Waals surface area (Å²) in [6, 6.07) is 5.19. The molecule has 0 aliphatic heterocycles. The third-order valence-corrected chi connectivity index (χ3v) is 3.75. The lowest BCUT2D eigenvalue weighted by Crippen LogP contribution is -2.32. The number of anilines is 1. The predicted octanol–water partition coefficient (Wildman–Crippen LogP) is 3.03. The Morgan fingerprint density at radius 1 is 1.41 bits per heavy atom. The molecule has 1 aromatic carbocycles. The SMILES string of the molecule is CSCC(C)N(C)c1cccc(F)c1C(C)N. The van der Waals surface area contributed by atoms with Crippen molar-refractivity contribution in [3.63, 3.8) is 0 Å². The topological polar surface area (TPSA) is 29.3 Å². The second kappa shape index (κ2) is 6.26. The van der Waals surface area contributed by atoms with Crippen LogP contribution in [0.2, 0.25) is 0 Å². The van der Waals surface area contributed by atoms with Gasteiger partial charge in [-0.1, -0.05) is 6.07 Å². The Morgan fingerprint density at radius 3 is 2.59 bits per heavy atom. The molecule has 0 aliphatic rings. The highest BCUT2D eigenvalue weighted by Crippen LogP contribution is 2.28. The molecule has 17 heavy (non-hydrogen) atoms. The van der Waals surface area contributed by atoms with Gasteiger partial charge >= 0.3 is 0 Å². The highest BCUT2D eigenvalue weighted by molar-refractivity contribution is 7.98. The second-order valence-corrected chi connectivity index (χ2v) is 5.29. The zero-order valence-electron chi connectivity index (χ0n) is 10.9. The van der Waals surface area contributed by atoms with Gasteiger partial charge in [-0.05, 0) is 32.2 Å². The minimum atomic E-state index is -0.296. The average Bonchev–Trinajstić information content (AvgIpc) is 2.27. The van der Waals surface area contributed by atoms with E-state index in [0.29, 0.717) is 11.6 Å². The lowest BCUT2D eigenvalue weighted by molar-refractivity contribution is 0.590. The van der Waals surface area contributed by atoms with Crippen molar-refractivity contribution in [2.75, 3.05) is 24.0 Å². The van der Waals surface area contributed by atoms with Gasteiger partial charge in [-0.3, -0.25) is 0 Å². The molecule has 0 saturated carbocycles. The molecular weight excluding hydrogens is 235 g/mol. The lowest BCUT2D eigenvalue weighted by atomic mass is 10.0. The van der Waals surface area contributed by atoms with Gasteiger partial charge < -0.3 is 10.6 Å². The molecule has 0 saturated heterocycles. The molecule has 0 heterocycles. The van der Waals surface area contributed by atoms with Crippen LogP contribution in [-0.4, -0.2) is 25.1 Å². The van der Waals surface area contributed by atoms with Crippen LogP contribution in [0.15, 0.2) is 18.2 Å². The van der Waals surface area contributed by atoms with Gasteiger partial charge in [0.15, 0.2) is 0 Å². The van der Waals surface area contributed by atoms with Crippen molar-refractivity contribution in [2.24, 2.45) is 5.73 Å². The molecule has 2 unspecified atom stereocenters. The summed E-state index contributed by atoms with van der Waals surface area (Å²) < 4.78 is 13.8. The highest BCUT2D eigenvalue weighted by Gasteiger charge is 2.18. The van der Waals surface area contributed by atoms with Crippen LogP contribution in [0, 0.1) is 5.82 Å². The van der Waals surface area contributed by atoms with Gasteiger partial charge in [0.25, 0.3) is 0 Å². The summed E-state index contributed by atoms with van der Waals surface area (Å²) >= 11 is 1.78. The molecule has 2 nitrogen and oxygen atoms in total. The maximum atomic E-state index is 13.8. The van der Waals surface area contributed by atoms with Gasteiger partial charge in [-0.15, -0.1) is 0 Å². The Morgan fingerprint density at radius 2 is 2.06 bits per heavy atom. The largest absolute Gasteiger partial charge is 0.371 e. The number of thioether (sulfide) groups is 1. The van der Waals surface area contributed by atoms with Crippen molar-refractivity contribution in [3.8, 4) is 0 Å². The van der Waals surface area contributed by atoms with Gasteiger partial charge in [0, 0.05) is 36.1 Å². The van der Waals surface area contributed by atoms with Crippen LogP contribution in [0.3, 0.4) is 0 Å². The predicted molar refractivity (Wildman–Crippen MR) is 75.2 cm³/mol. The van der Waals surface area contributed by atoms with E-state index >= 15 is 0 Å². The first kappa shape index (κ1) is 14.3. The number of hydrogen-bond donors (Lipinski definition) is 1. The molecule has 0 bridgehead atoms. The Bertz CT molecular complexity index is 368. The summed E-state index contributed by atoms with van der Waals surface area (Å²) in [5.41, 5.74) is 7.35. The molecule has 0 aliphatic carbocycles. The van der Waals surface area contributed by atoms with E-state index in [-0.39, 0.29) is 11.9 Å². The quantitative estimate of drug-likeness (QED) is 0.878. The monoisotopic (exact) mass is 256 g/mol. The molecule has 0 spiro atoms. The summed E-state index contributed by atoms with van der Waals surface area (Å²) in [6.45, 7) is 3.95. The average molecular weight is 256 g/mol. The van der Waals surface area contributed by atoms with E-state index < -0.39 is 0 Å². The van der Waals surface area contributed by atoms with Crippen molar-refractivity contribution in [1.82, 2.24) is 0 Å². The number of hydrogen-bond acceptors (Lipinski definition) is 3. The molecule has 1 rings (SSSR count). The van der Waals surface area contributed by atoms with Gasteiger partial charge in [-0.2, -0.15) is 11.8 Å². The van der Waals surface area contributed by atoms with E-state index in [1.807, 2.05) is 20.0 Å². The normalized spacial score (nSPS) is 14.5. The van der Waals surface area contributed by atoms with Crippen LogP contribution in [0.1, 0.15) is 25.5 Å². The standard InChI is InChI=1S/C13H21FN2S/c1-9(8-17-4)16(3)12-7-5-6-11(14)13(12)10(2)15/h5-7,9-10H,8,15H2,1-4H3. The first-order valence-electron chi connectivity index (χ1n) is 5.74. The molecule has 2 N–H and O–H groups in total. The van der Waals surface area contributed by atoms with Gasteiger partial charge in [-0.25, -0.2) is 4.39 Å². The molecule has 2 atom stereocenters. The van der Waals surface area contributed by atoms with Crippen LogP contribution >= 0.6 is 11.8 Å². The van der Waals surface area contributed by atoms with Gasteiger partial charge in [0.05, 0.1) is 0 Å². The molecule has 0 amide bonds. The fourth-order valence-electron chi connectivity index (χ4n) is 1.87. The number of nitrogens with zero attached hydrogens (tertiary/aromatic N) is 1. The van der Waals surface area contributed by atoms with E-state index in [4.69, 9.17) is 5.73 Å². The van der Waals surface area contributed by atoms with Crippen LogP contribution in [0.25, 0.3) is 0 Å². The lowest BCUT2D eigenvalue weighted by Gasteiger charge is -2.29. The maximum absolute atomic E-state index is 13.8. The first-order valence-corrected chi connectivity index (χ1v) is 7.14. The molecule has 0 fully saturated rings. The van der Waals surface area contributed by atoms with Gasteiger partial charge in [0.2, 0.25) is 0 Å². The molecule has 0 aromatic heterocycles. The number of rotatable bonds is 5. The molecule has 0 radical (unpaired) electrons. The summed E-state index contributed by atoms with van der Waals surface area (Å²) in [5.74, 6) is 0.784. The van der Waals surface area contributed by atoms with Crippen molar-refractivity contribution >= 4 is 17.4 Å². The van der Waals surface area contributed by atoms with E-state index in [9.17, 15) is 4.39 Å². The highest BCUT2D eigenvalue weighted by atomic mass is 32.2. The first-order chi connectivity index (χ1) is 7.99. The maximum Gasteiger partial charge on any atom is 0.130 e. The molecule has 4 heteroatoms. The summed E-state index contributed by atoms with van der Waals surface area (Å²) in [4.78, 5) is 2.10. The summed E-state index contributed by atoms with van der Waals surface area (Å²) in [6.07, 6.45) is 2.07. The molecule has 1 aromatic rings. The minimum absolute atomic E-state index is 0.222. The van der Waals surface area contributed by atoms with Crippen LogP contribution in [0.5, 0.6) is 0 Å². The number of benzene rings is 1. The molecule has 96 valence electrons. The zero-order chi connectivity index (χ0) is 13.0. The minimum Gasteiger partial charge on any atom is -0.371 e. The van der Waals surface area contributed by atoms with Crippen LogP contribution in [0.4, 0.5) is 10.1 Å². The van der Waals surface area contributed by atoms with Crippen LogP contribution in [-0.2, 0) is 0 Å². The van der Waals surface area contributed by atoms with Crippen molar-refractivity contribution < 1.29 is 4.39 Å². The zero-order valence-corrected chi connectivity index (χ0v) is 11.7. The summed E-state index contributed by atoms with van der Waals surface area (Å²) in [7, 11) is 1.99. The Kier molecular flexibility index (Phi) is 5.28. The Hall–Kier alpha value is -0.740. The van der Waals surface area contributed by atoms with Crippen molar-refractivity contribution in [2.45, 2.75) is 25.9 Å². The number of nitrogens with two attached hydrogens (primary N) is 1. The summed E-state index contributed by atoms with van der Waals surface area (Å²) in [5, 5.41) is 0. The third-order valence-electron chi connectivity index (χ3n) is 2.93. The van der Waals surface area contributed by atoms with E-state index in [2.05, 4.69) is 18.1 Å². The third kappa shape index (κ3) is 3.36. The van der Waals surface area contributed by atoms with E-state index in [0.717, 1.165) is 11.4 Å². The van der Waals surface area contributed by atoms with E-state index in [1.165, 1.54) is 6.07 Å². The Labute approximate surface area is 107 Å². The fraction of sp³-hybridized carbons (Fsp3) is 0.538. The number of halogens is 1. The molecular formula is C13H21FN2S. The second-order valence-electron chi connectivity index (χ2n) is 4.38.